The van der Waals surface area contributed by atoms with E-state index in [4.69, 9.17) is 9.47 Å². The third kappa shape index (κ3) is 2.09. The van der Waals surface area contributed by atoms with Gasteiger partial charge in [0.25, 0.3) is 0 Å². The Labute approximate surface area is 83.3 Å². The van der Waals surface area contributed by atoms with E-state index in [0.717, 1.165) is 18.5 Å². The Kier molecular flexibility index (Phi) is 3.59. The molecule has 1 aromatic carbocycles. The van der Waals surface area contributed by atoms with Gasteiger partial charge in [0.2, 0.25) is 5.75 Å². The van der Waals surface area contributed by atoms with Gasteiger partial charge in [-0.15, -0.1) is 0 Å². The minimum absolute atomic E-state index is 0.0443. The van der Waals surface area contributed by atoms with E-state index in [1.54, 1.807) is 12.1 Å². The summed E-state index contributed by atoms with van der Waals surface area (Å²) in [4.78, 5) is 0. The van der Waals surface area contributed by atoms with Crippen LogP contribution < -0.4 is 15.2 Å². The monoisotopic (exact) mass is 198 g/mol. The van der Waals surface area contributed by atoms with Crippen molar-refractivity contribution in [3.05, 3.63) is 17.7 Å². The lowest BCUT2D eigenvalue weighted by atomic mass is 10.1. The van der Waals surface area contributed by atoms with Gasteiger partial charge in [0.15, 0.2) is 11.5 Å². The van der Waals surface area contributed by atoms with E-state index in [-0.39, 0.29) is 5.75 Å². The maximum Gasteiger partial charge on any atom is 0.200 e. The third-order valence-corrected chi connectivity index (χ3v) is 2.01. The van der Waals surface area contributed by atoms with Gasteiger partial charge in [-0.2, -0.15) is 0 Å². The number of phenols is 1. The van der Waals surface area contributed by atoms with E-state index in [0.29, 0.717) is 11.5 Å². The first-order valence-electron chi connectivity index (χ1n) is 4.46. The molecule has 4 N–H and O–H groups in total. The molecule has 4 nitrogen and oxygen atoms in total. The average molecular weight is 198 g/mol. The van der Waals surface area contributed by atoms with Crippen LogP contribution in [-0.2, 0) is 6.42 Å². The van der Waals surface area contributed by atoms with Crippen molar-refractivity contribution < 1.29 is 20.3 Å². The zero-order valence-electron chi connectivity index (χ0n) is 8.54. The van der Waals surface area contributed by atoms with Crippen molar-refractivity contribution in [3.63, 3.8) is 0 Å². The van der Waals surface area contributed by atoms with Crippen molar-refractivity contribution in [2.45, 2.75) is 6.42 Å². The zero-order chi connectivity index (χ0) is 10.6. The molecule has 78 valence electrons. The number of benzene rings is 1. The number of phenolic OH excluding ortho intramolecular Hbond substituents is 1. The molecule has 1 rings (SSSR count). The Hall–Kier alpha value is -1.42. The highest BCUT2D eigenvalue weighted by Crippen LogP contribution is 2.36. The molecule has 0 amide bonds. The predicted molar refractivity (Wildman–Crippen MR) is 52.7 cm³/mol. The predicted octanol–water partition coefficient (Wildman–Crippen LogP) is 0.194. The summed E-state index contributed by atoms with van der Waals surface area (Å²) in [6.07, 6.45) is 0.840. The van der Waals surface area contributed by atoms with E-state index in [1.807, 2.05) is 0 Å². The van der Waals surface area contributed by atoms with Crippen molar-refractivity contribution in [2.24, 2.45) is 0 Å². The Balaban J connectivity index is 3.11. The molecule has 0 fully saturated rings. The molecule has 0 atom stereocenters. The van der Waals surface area contributed by atoms with Gasteiger partial charge < -0.3 is 20.3 Å². The van der Waals surface area contributed by atoms with Gasteiger partial charge in [0.05, 0.1) is 20.8 Å². The molecule has 0 saturated heterocycles. The topological polar surface area (TPSA) is 66.3 Å². The van der Waals surface area contributed by atoms with Gasteiger partial charge in [-0.25, -0.2) is 0 Å². The average Bonchev–Trinajstić information content (AvgIpc) is 2.20. The fraction of sp³-hybridized carbons (Fsp3) is 0.400. The minimum atomic E-state index is 0.0443. The molecule has 0 aliphatic carbocycles. The SMILES string of the molecule is COc1cc(CC[NH3+])cc(OC)c1O. The molecule has 0 aliphatic heterocycles. The molecule has 0 aromatic heterocycles. The van der Waals surface area contributed by atoms with Gasteiger partial charge in [-0.3, -0.25) is 0 Å². The van der Waals surface area contributed by atoms with Crippen LogP contribution in [0.5, 0.6) is 17.2 Å². The number of quaternary nitrogens is 1. The second-order valence-corrected chi connectivity index (χ2v) is 2.95. The van der Waals surface area contributed by atoms with E-state index in [9.17, 15) is 5.11 Å². The van der Waals surface area contributed by atoms with Crippen LogP contribution in [0.25, 0.3) is 0 Å². The summed E-state index contributed by atoms with van der Waals surface area (Å²) in [5, 5.41) is 9.62. The van der Waals surface area contributed by atoms with E-state index in [1.165, 1.54) is 14.2 Å². The molecule has 4 heteroatoms. The maximum absolute atomic E-state index is 9.62. The third-order valence-electron chi connectivity index (χ3n) is 2.01. The number of hydrogen-bond donors (Lipinski definition) is 2. The molecular formula is C10H16NO3+. The summed E-state index contributed by atoms with van der Waals surface area (Å²) in [5.41, 5.74) is 4.82. The second-order valence-electron chi connectivity index (χ2n) is 2.95. The van der Waals surface area contributed by atoms with Crippen LogP contribution in [0.4, 0.5) is 0 Å². The van der Waals surface area contributed by atoms with Crippen LogP contribution in [0.2, 0.25) is 0 Å². The molecule has 0 heterocycles. The summed E-state index contributed by atoms with van der Waals surface area (Å²) in [6, 6.07) is 3.59. The van der Waals surface area contributed by atoms with Crippen LogP contribution in [-0.4, -0.2) is 25.9 Å². The summed E-state index contributed by atoms with van der Waals surface area (Å²) < 4.78 is 10.0. The quantitative estimate of drug-likeness (QED) is 0.726. The normalized spacial score (nSPS) is 9.93. The number of methoxy groups -OCH3 is 2. The van der Waals surface area contributed by atoms with Gasteiger partial charge in [0.1, 0.15) is 0 Å². The van der Waals surface area contributed by atoms with Crippen molar-refractivity contribution in [1.29, 1.82) is 0 Å². The van der Waals surface area contributed by atoms with Crippen molar-refractivity contribution in [3.8, 4) is 17.2 Å². The molecule has 14 heavy (non-hydrogen) atoms. The summed E-state index contributed by atoms with van der Waals surface area (Å²) >= 11 is 0. The van der Waals surface area contributed by atoms with Crippen LogP contribution in [0, 0.1) is 0 Å². The van der Waals surface area contributed by atoms with Crippen LogP contribution in [0.1, 0.15) is 5.56 Å². The first-order chi connectivity index (χ1) is 6.72. The zero-order valence-corrected chi connectivity index (χ0v) is 8.54. The molecule has 0 radical (unpaired) electrons. The van der Waals surface area contributed by atoms with Gasteiger partial charge in [-0.05, 0) is 17.7 Å². The highest BCUT2D eigenvalue weighted by molar-refractivity contribution is 5.52. The van der Waals surface area contributed by atoms with Gasteiger partial charge in [-0.1, -0.05) is 0 Å². The lowest BCUT2D eigenvalue weighted by molar-refractivity contribution is -0.366. The molecule has 0 unspecified atom stereocenters. The highest BCUT2D eigenvalue weighted by Gasteiger charge is 2.10. The van der Waals surface area contributed by atoms with E-state index >= 15 is 0 Å². The fourth-order valence-corrected chi connectivity index (χ4v) is 1.30. The molecule has 0 spiro atoms. The van der Waals surface area contributed by atoms with E-state index in [2.05, 4.69) is 5.73 Å². The molecular weight excluding hydrogens is 182 g/mol. The van der Waals surface area contributed by atoms with Crippen LogP contribution in [0.3, 0.4) is 0 Å². The van der Waals surface area contributed by atoms with E-state index < -0.39 is 0 Å². The molecule has 0 saturated carbocycles. The summed E-state index contributed by atoms with van der Waals surface area (Å²) in [7, 11) is 3.03. The standard InChI is InChI=1S/C10H15NO3/c1-13-8-5-7(3-4-11)6-9(14-2)10(8)12/h5-6,12H,3-4,11H2,1-2H3/p+1. The molecule has 0 aliphatic rings. The van der Waals surface area contributed by atoms with Gasteiger partial charge in [0, 0.05) is 6.42 Å². The van der Waals surface area contributed by atoms with Gasteiger partial charge >= 0.3 is 0 Å². The highest BCUT2D eigenvalue weighted by atomic mass is 16.5. The maximum atomic E-state index is 9.62. The van der Waals surface area contributed by atoms with Crippen molar-refractivity contribution >= 4 is 0 Å². The Bertz CT molecular complexity index is 287. The molecule has 0 bridgehead atoms. The smallest absolute Gasteiger partial charge is 0.200 e. The number of hydrogen-bond acceptors (Lipinski definition) is 3. The summed E-state index contributed by atoms with van der Waals surface area (Å²) in [5.74, 6) is 0.920. The summed E-state index contributed by atoms with van der Waals surface area (Å²) in [6.45, 7) is 0.803. The molecule has 1 aromatic rings. The lowest BCUT2D eigenvalue weighted by Crippen LogP contribution is -2.51. The number of rotatable bonds is 4. The first-order valence-corrected chi connectivity index (χ1v) is 4.46. The Morgan fingerprint density at radius 2 is 1.71 bits per heavy atom. The fourth-order valence-electron chi connectivity index (χ4n) is 1.30. The number of ether oxygens (including phenoxy) is 2. The largest absolute Gasteiger partial charge is 0.502 e. The minimum Gasteiger partial charge on any atom is -0.502 e. The van der Waals surface area contributed by atoms with Crippen LogP contribution in [0.15, 0.2) is 12.1 Å². The second kappa shape index (κ2) is 4.72. The van der Waals surface area contributed by atoms with Crippen molar-refractivity contribution in [2.75, 3.05) is 20.8 Å². The lowest BCUT2D eigenvalue weighted by Gasteiger charge is -2.10. The van der Waals surface area contributed by atoms with Crippen LogP contribution >= 0.6 is 0 Å². The number of aromatic hydroxyl groups is 1. The Morgan fingerprint density at radius 1 is 1.21 bits per heavy atom. The Morgan fingerprint density at radius 3 is 2.07 bits per heavy atom. The first kappa shape index (κ1) is 10.7. The van der Waals surface area contributed by atoms with Crippen molar-refractivity contribution in [1.82, 2.24) is 0 Å².